The zero-order valence-electron chi connectivity index (χ0n) is 36.1. The van der Waals surface area contributed by atoms with Gasteiger partial charge in [-0.3, -0.25) is 0 Å². The van der Waals surface area contributed by atoms with Crippen LogP contribution in [0.1, 0.15) is 0 Å². The molecule has 7 heteroatoms. The Balaban J connectivity index is 1.06. The van der Waals surface area contributed by atoms with Crippen LogP contribution in [-0.2, 0) is 0 Å². The van der Waals surface area contributed by atoms with Crippen LogP contribution in [-0.4, -0.2) is 19.5 Å². The van der Waals surface area contributed by atoms with E-state index in [0.717, 1.165) is 77.2 Å². The van der Waals surface area contributed by atoms with Gasteiger partial charge in [-0.2, -0.15) is 0 Å². The molecule has 316 valence electrons. The molecule has 5 aromatic heterocycles. The predicted octanol–water partition coefficient (Wildman–Crippen LogP) is 17.4. The number of rotatable bonds is 5. The van der Waals surface area contributed by atoms with Crippen molar-refractivity contribution in [2.45, 2.75) is 0 Å². The first-order chi connectivity index (χ1) is 33.7. The maximum atomic E-state index is 6.57. The third-order valence-electron chi connectivity index (χ3n) is 13.7. The van der Waals surface area contributed by atoms with Crippen molar-refractivity contribution >= 4 is 118 Å². The monoisotopic (exact) mass is 902 g/mol. The molecule has 5 nitrogen and oxygen atoms in total. The quantitative estimate of drug-likeness (QED) is 0.173. The first-order valence-corrected chi connectivity index (χ1v) is 24.4. The molecule has 0 spiro atoms. The maximum Gasteiger partial charge on any atom is 0.164 e. The van der Waals surface area contributed by atoms with Gasteiger partial charge in [0.15, 0.2) is 17.5 Å². The molecule has 0 bridgehead atoms. The Labute approximate surface area is 396 Å². The van der Waals surface area contributed by atoms with Gasteiger partial charge < -0.3 is 8.98 Å². The van der Waals surface area contributed by atoms with E-state index in [1.165, 1.54) is 51.1 Å². The highest BCUT2D eigenvalue weighted by atomic mass is 32.1. The minimum absolute atomic E-state index is 0.595. The van der Waals surface area contributed by atoms with E-state index in [1.54, 1.807) is 22.7 Å². The number of aromatic nitrogens is 4. The number of furan rings is 1. The van der Waals surface area contributed by atoms with Gasteiger partial charge in [-0.25, -0.2) is 15.0 Å². The Morgan fingerprint density at radius 1 is 0.324 bits per heavy atom. The Kier molecular flexibility index (Phi) is 8.04. The van der Waals surface area contributed by atoms with Gasteiger partial charge in [-0.1, -0.05) is 133 Å². The number of nitrogens with zero attached hydrogens (tertiary/aromatic N) is 4. The van der Waals surface area contributed by atoms with E-state index in [2.05, 4.69) is 199 Å². The summed E-state index contributed by atoms with van der Waals surface area (Å²) >= 11 is 3.60. The van der Waals surface area contributed by atoms with Crippen molar-refractivity contribution in [1.29, 1.82) is 0 Å². The zero-order chi connectivity index (χ0) is 44.5. The molecule has 0 radical (unpaired) electrons. The second kappa shape index (κ2) is 14.5. The lowest BCUT2D eigenvalue weighted by atomic mass is 9.94. The maximum absolute atomic E-state index is 6.57. The average Bonchev–Trinajstić information content (AvgIpc) is 4.16. The molecule has 0 saturated carbocycles. The van der Waals surface area contributed by atoms with Crippen LogP contribution in [0.4, 0.5) is 0 Å². The van der Waals surface area contributed by atoms with E-state index in [0.29, 0.717) is 17.5 Å². The third kappa shape index (κ3) is 5.57. The molecule has 0 amide bonds. The normalized spacial score (nSPS) is 12.1. The summed E-state index contributed by atoms with van der Waals surface area (Å²) in [6, 6.07) is 73.8. The van der Waals surface area contributed by atoms with Crippen molar-refractivity contribution in [2.24, 2.45) is 0 Å². The number of hydrogen-bond donors (Lipinski definition) is 0. The minimum Gasteiger partial charge on any atom is -0.456 e. The lowest BCUT2D eigenvalue weighted by Gasteiger charge is -2.16. The molecule has 15 aromatic rings. The molecule has 0 fully saturated rings. The molecule has 0 N–H and O–H groups in total. The summed E-state index contributed by atoms with van der Waals surface area (Å²) in [5, 5.41) is 11.6. The highest BCUT2D eigenvalue weighted by molar-refractivity contribution is 7.26. The van der Waals surface area contributed by atoms with E-state index in [9.17, 15) is 0 Å². The standard InChI is InChI=1S/C61H34N4OS2/c1-2-15-36-33-49-47(32-35(36)14-1)38-16-3-7-23-48(38)65(49)37-30-31-40(46(34-37)39-20-11-25-51-56(39)41-17-4-8-24-50(41)66-51)59-62-60(44-21-12-28-54-57(44)42-18-5-9-26-52(42)67-54)64-61(63-59)45-22-13-29-55-58(45)43-19-6-10-27-53(43)68-55/h1-34H. The molecule has 0 aliphatic carbocycles. The summed E-state index contributed by atoms with van der Waals surface area (Å²) in [5.41, 5.74) is 9.88. The number of benzene rings is 10. The Morgan fingerprint density at radius 3 is 1.56 bits per heavy atom. The Bertz CT molecular complexity index is 4460. The molecule has 0 aliphatic rings. The van der Waals surface area contributed by atoms with Gasteiger partial charge in [0.1, 0.15) is 11.2 Å². The number of para-hydroxylation sites is 2. The summed E-state index contributed by atoms with van der Waals surface area (Å²) in [5.74, 6) is 1.86. The molecule has 10 aromatic carbocycles. The molecule has 5 heterocycles. The summed E-state index contributed by atoms with van der Waals surface area (Å²) in [7, 11) is 0. The highest BCUT2D eigenvalue weighted by Crippen LogP contribution is 2.46. The predicted molar refractivity (Wildman–Crippen MR) is 286 cm³/mol. The topological polar surface area (TPSA) is 56.7 Å². The Morgan fingerprint density at radius 2 is 0.853 bits per heavy atom. The average molecular weight is 903 g/mol. The summed E-state index contributed by atoms with van der Waals surface area (Å²) in [4.78, 5) is 16.6. The van der Waals surface area contributed by atoms with Crippen molar-refractivity contribution in [1.82, 2.24) is 19.5 Å². The van der Waals surface area contributed by atoms with Gasteiger partial charge in [-0.15, -0.1) is 22.7 Å². The molecular weight excluding hydrogens is 869 g/mol. The van der Waals surface area contributed by atoms with E-state index in [-0.39, 0.29) is 0 Å². The smallest absolute Gasteiger partial charge is 0.164 e. The van der Waals surface area contributed by atoms with Crippen LogP contribution in [0.2, 0.25) is 0 Å². The number of hydrogen-bond acceptors (Lipinski definition) is 6. The van der Waals surface area contributed by atoms with E-state index >= 15 is 0 Å². The fourth-order valence-electron chi connectivity index (χ4n) is 10.7. The van der Waals surface area contributed by atoms with Crippen LogP contribution in [0.3, 0.4) is 0 Å². The fraction of sp³-hybridized carbons (Fsp3) is 0. The van der Waals surface area contributed by atoms with Crippen molar-refractivity contribution in [3.05, 3.63) is 206 Å². The summed E-state index contributed by atoms with van der Waals surface area (Å²) < 4.78 is 13.8. The number of fused-ring (bicyclic) bond motifs is 13. The van der Waals surface area contributed by atoms with Crippen molar-refractivity contribution < 1.29 is 4.42 Å². The van der Waals surface area contributed by atoms with Gasteiger partial charge in [0, 0.05) is 84.3 Å². The van der Waals surface area contributed by atoms with Gasteiger partial charge in [0.2, 0.25) is 0 Å². The van der Waals surface area contributed by atoms with Crippen LogP contribution in [0.25, 0.3) is 146 Å². The van der Waals surface area contributed by atoms with Gasteiger partial charge >= 0.3 is 0 Å². The van der Waals surface area contributed by atoms with Gasteiger partial charge in [-0.05, 0) is 94.7 Å². The minimum atomic E-state index is 0.595. The lowest BCUT2D eigenvalue weighted by Crippen LogP contribution is -2.02. The lowest BCUT2D eigenvalue weighted by molar-refractivity contribution is 0.669. The van der Waals surface area contributed by atoms with E-state index < -0.39 is 0 Å². The van der Waals surface area contributed by atoms with Crippen molar-refractivity contribution in [3.63, 3.8) is 0 Å². The van der Waals surface area contributed by atoms with E-state index in [4.69, 9.17) is 19.4 Å². The second-order valence-electron chi connectivity index (χ2n) is 17.4. The van der Waals surface area contributed by atoms with Crippen LogP contribution >= 0.6 is 22.7 Å². The van der Waals surface area contributed by atoms with Crippen molar-refractivity contribution in [3.8, 4) is 51.0 Å². The summed E-state index contributed by atoms with van der Waals surface area (Å²) in [6.45, 7) is 0. The number of thiophene rings is 2. The third-order valence-corrected chi connectivity index (χ3v) is 15.9. The molecular formula is C61H34N4OS2. The van der Waals surface area contributed by atoms with Gasteiger partial charge in [0.05, 0.1) is 11.0 Å². The molecule has 0 unspecified atom stereocenters. The first kappa shape index (κ1) is 37.7. The molecule has 15 rings (SSSR count). The van der Waals surface area contributed by atoms with Crippen molar-refractivity contribution in [2.75, 3.05) is 0 Å². The largest absolute Gasteiger partial charge is 0.456 e. The van der Waals surface area contributed by atoms with Crippen LogP contribution in [0.5, 0.6) is 0 Å². The second-order valence-corrected chi connectivity index (χ2v) is 19.6. The zero-order valence-corrected chi connectivity index (χ0v) is 37.8. The summed E-state index contributed by atoms with van der Waals surface area (Å²) in [6.07, 6.45) is 0. The molecule has 0 saturated heterocycles. The molecule has 0 atom stereocenters. The fourth-order valence-corrected chi connectivity index (χ4v) is 12.9. The van der Waals surface area contributed by atoms with Crippen LogP contribution < -0.4 is 0 Å². The van der Waals surface area contributed by atoms with Gasteiger partial charge in [0.25, 0.3) is 0 Å². The van der Waals surface area contributed by atoms with E-state index in [1.807, 2.05) is 12.1 Å². The molecule has 0 aliphatic heterocycles. The Hall–Kier alpha value is -8.49. The SMILES string of the molecule is c1ccc2cc3c(cc2c1)c1ccccc1n3-c1ccc(-c2nc(-c3cccc4sc5ccccc5c34)nc(-c3cccc4sc5ccccc5c34)n2)c(-c2cccc3oc4ccccc4c23)c1. The first-order valence-electron chi connectivity index (χ1n) is 22.7. The molecule has 68 heavy (non-hydrogen) atoms. The van der Waals surface area contributed by atoms with Crippen LogP contribution in [0, 0.1) is 0 Å². The van der Waals surface area contributed by atoms with Crippen LogP contribution in [0.15, 0.2) is 211 Å². The highest BCUT2D eigenvalue weighted by Gasteiger charge is 2.24.